The van der Waals surface area contributed by atoms with Gasteiger partial charge in [-0.25, -0.2) is 0 Å². The average Bonchev–Trinajstić information content (AvgIpc) is 2.29. The topological polar surface area (TPSA) is 0 Å². The molecule has 0 unspecified atom stereocenters. The van der Waals surface area contributed by atoms with E-state index in [1.165, 1.54) is 20.3 Å². The summed E-state index contributed by atoms with van der Waals surface area (Å²) in [6, 6.07) is 17.4. The average molecular weight is 336 g/mol. The van der Waals surface area contributed by atoms with E-state index in [4.69, 9.17) is 0 Å². The molecule has 0 aromatic heterocycles. The molecule has 2 aromatic carbocycles. The molecule has 17 heavy (non-hydrogen) atoms. The van der Waals surface area contributed by atoms with E-state index in [2.05, 4.69) is 91.9 Å². The highest BCUT2D eigenvalue weighted by molar-refractivity contribution is 14.1. The van der Waals surface area contributed by atoms with Crippen LogP contribution in [-0.2, 0) is 5.41 Å². The van der Waals surface area contributed by atoms with Crippen molar-refractivity contribution >= 4 is 22.6 Å². The molecular weight excluding hydrogens is 319 g/mol. The van der Waals surface area contributed by atoms with Crippen LogP contribution in [0.1, 0.15) is 26.3 Å². The van der Waals surface area contributed by atoms with E-state index >= 15 is 0 Å². The summed E-state index contributed by atoms with van der Waals surface area (Å²) in [5.74, 6) is 0. The van der Waals surface area contributed by atoms with Crippen LogP contribution in [0.25, 0.3) is 11.1 Å². The van der Waals surface area contributed by atoms with E-state index in [0.717, 1.165) is 0 Å². The van der Waals surface area contributed by atoms with Gasteiger partial charge in [0.25, 0.3) is 0 Å². The van der Waals surface area contributed by atoms with Crippen LogP contribution in [-0.4, -0.2) is 0 Å². The highest BCUT2D eigenvalue weighted by Crippen LogP contribution is 2.28. The fraction of sp³-hybridized carbons (Fsp3) is 0.250. The molecule has 2 rings (SSSR count). The molecule has 0 radical (unpaired) electrons. The second-order valence-corrected chi connectivity index (χ2v) is 6.47. The summed E-state index contributed by atoms with van der Waals surface area (Å²) >= 11 is 2.39. The van der Waals surface area contributed by atoms with Crippen molar-refractivity contribution in [3.05, 3.63) is 57.7 Å². The summed E-state index contributed by atoms with van der Waals surface area (Å²) in [4.78, 5) is 0. The highest BCUT2D eigenvalue weighted by Gasteiger charge is 2.13. The Kier molecular flexibility index (Phi) is 3.57. The quantitative estimate of drug-likeness (QED) is 0.624. The SMILES string of the molecule is CC(C)(C)c1ccc(-c2ccccc2I)cc1. The zero-order valence-corrected chi connectivity index (χ0v) is 12.7. The van der Waals surface area contributed by atoms with Crippen LogP contribution in [0.2, 0.25) is 0 Å². The van der Waals surface area contributed by atoms with Gasteiger partial charge in [0.1, 0.15) is 0 Å². The maximum atomic E-state index is 2.39. The van der Waals surface area contributed by atoms with E-state index in [9.17, 15) is 0 Å². The van der Waals surface area contributed by atoms with Crippen LogP contribution in [0.15, 0.2) is 48.5 Å². The van der Waals surface area contributed by atoms with Crippen molar-refractivity contribution < 1.29 is 0 Å². The van der Waals surface area contributed by atoms with Crippen LogP contribution in [0.4, 0.5) is 0 Å². The first-order chi connectivity index (χ1) is 7.98. The maximum absolute atomic E-state index is 2.39. The third kappa shape index (κ3) is 2.89. The highest BCUT2D eigenvalue weighted by atomic mass is 127. The van der Waals surface area contributed by atoms with Gasteiger partial charge in [-0.1, -0.05) is 63.2 Å². The molecule has 0 amide bonds. The van der Waals surface area contributed by atoms with Crippen molar-refractivity contribution in [3.63, 3.8) is 0 Å². The predicted octanol–water partition coefficient (Wildman–Crippen LogP) is 5.26. The van der Waals surface area contributed by atoms with Gasteiger partial charge < -0.3 is 0 Å². The lowest BCUT2D eigenvalue weighted by Gasteiger charge is -2.19. The van der Waals surface area contributed by atoms with E-state index < -0.39 is 0 Å². The summed E-state index contributed by atoms with van der Waals surface area (Å²) in [5, 5.41) is 0. The van der Waals surface area contributed by atoms with Crippen molar-refractivity contribution in [2.45, 2.75) is 26.2 Å². The predicted molar refractivity (Wildman–Crippen MR) is 83.3 cm³/mol. The molecule has 0 spiro atoms. The molecule has 0 saturated heterocycles. The second-order valence-electron chi connectivity index (χ2n) is 5.31. The Labute approximate surface area is 117 Å². The standard InChI is InChI=1S/C16H17I/c1-16(2,3)13-10-8-12(9-11-13)14-6-4-5-7-15(14)17/h4-11H,1-3H3. The minimum absolute atomic E-state index is 0.225. The zero-order valence-electron chi connectivity index (χ0n) is 10.5. The summed E-state index contributed by atoms with van der Waals surface area (Å²) in [6.45, 7) is 6.73. The third-order valence-corrected chi connectivity index (χ3v) is 3.88. The van der Waals surface area contributed by atoms with Gasteiger partial charge in [-0.2, -0.15) is 0 Å². The lowest BCUT2D eigenvalue weighted by Crippen LogP contribution is -2.10. The van der Waals surface area contributed by atoms with Crippen molar-refractivity contribution in [2.24, 2.45) is 0 Å². The van der Waals surface area contributed by atoms with Crippen LogP contribution in [0, 0.1) is 3.57 Å². The summed E-state index contributed by atoms with van der Waals surface area (Å²) in [5.41, 5.74) is 4.21. The maximum Gasteiger partial charge on any atom is 0.0208 e. The van der Waals surface area contributed by atoms with Crippen molar-refractivity contribution in [3.8, 4) is 11.1 Å². The summed E-state index contributed by atoms with van der Waals surface area (Å²) in [6.07, 6.45) is 0. The van der Waals surface area contributed by atoms with Gasteiger partial charge in [0, 0.05) is 3.57 Å². The van der Waals surface area contributed by atoms with Gasteiger partial charge in [-0.3, -0.25) is 0 Å². The minimum Gasteiger partial charge on any atom is -0.0616 e. The molecule has 0 bridgehead atoms. The van der Waals surface area contributed by atoms with E-state index in [-0.39, 0.29) is 5.41 Å². The Morgan fingerprint density at radius 3 is 1.94 bits per heavy atom. The number of hydrogen-bond donors (Lipinski definition) is 0. The summed E-state index contributed by atoms with van der Waals surface area (Å²) < 4.78 is 1.30. The van der Waals surface area contributed by atoms with Crippen LogP contribution in [0.5, 0.6) is 0 Å². The zero-order chi connectivity index (χ0) is 12.5. The first-order valence-corrected chi connectivity index (χ1v) is 6.92. The molecule has 0 nitrogen and oxygen atoms in total. The normalized spacial score (nSPS) is 11.5. The molecule has 0 fully saturated rings. The molecule has 0 aliphatic carbocycles. The largest absolute Gasteiger partial charge is 0.0616 e. The van der Waals surface area contributed by atoms with E-state index in [0.29, 0.717) is 0 Å². The van der Waals surface area contributed by atoms with Crippen molar-refractivity contribution in [1.29, 1.82) is 0 Å². The fourth-order valence-corrected chi connectivity index (χ4v) is 2.54. The second kappa shape index (κ2) is 4.81. The molecule has 0 N–H and O–H groups in total. The first kappa shape index (κ1) is 12.6. The number of rotatable bonds is 1. The van der Waals surface area contributed by atoms with Crippen LogP contribution in [0.3, 0.4) is 0 Å². The molecule has 2 aromatic rings. The van der Waals surface area contributed by atoms with Crippen molar-refractivity contribution in [2.75, 3.05) is 0 Å². The van der Waals surface area contributed by atoms with Gasteiger partial charge >= 0.3 is 0 Å². The Hall–Kier alpha value is -0.830. The summed E-state index contributed by atoms with van der Waals surface area (Å²) in [7, 11) is 0. The van der Waals surface area contributed by atoms with Crippen LogP contribution >= 0.6 is 22.6 Å². The number of halogens is 1. The smallest absolute Gasteiger partial charge is 0.0208 e. The number of hydrogen-bond acceptors (Lipinski definition) is 0. The third-order valence-electron chi connectivity index (χ3n) is 2.94. The van der Waals surface area contributed by atoms with E-state index in [1.807, 2.05) is 0 Å². The van der Waals surface area contributed by atoms with E-state index in [1.54, 1.807) is 0 Å². The Morgan fingerprint density at radius 2 is 1.41 bits per heavy atom. The van der Waals surface area contributed by atoms with Gasteiger partial charge in [0.2, 0.25) is 0 Å². The molecular formula is C16H17I. The Morgan fingerprint density at radius 1 is 0.824 bits per heavy atom. The minimum atomic E-state index is 0.225. The lowest BCUT2D eigenvalue weighted by molar-refractivity contribution is 0.590. The van der Waals surface area contributed by atoms with Gasteiger partial charge in [0.05, 0.1) is 0 Å². The first-order valence-electron chi connectivity index (χ1n) is 5.84. The van der Waals surface area contributed by atoms with Gasteiger partial charge in [0.15, 0.2) is 0 Å². The monoisotopic (exact) mass is 336 g/mol. The van der Waals surface area contributed by atoms with Crippen LogP contribution < -0.4 is 0 Å². The van der Waals surface area contributed by atoms with Gasteiger partial charge in [-0.05, 0) is 50.8 Å². The van der Waals surface area contributed by atoms with Gasteiger partial charge in [-0.15, -0.1) is 0 Å². The molecule has 88 valence electrons. The molecule has 0 aliphatic heterocycles. The molecule has 0 aliphatic rings. The lowest BCUT2D eigenvalue weighted by atomic mass is 9.86. The Balaban J connectivity index is 2.40. The Bertz CT molecular complexity index is 504. The molecule has 0 atom stereocenters. The number of benzene rings is 2. The molecule has 0 saturated carbocycles. The fourth-order valence-electron chi connectivity index (χ4n) is 1.85. The van der Waals surface area contributed by atoms with Crippen molar-refractivity contribution in [1.82, 2.24) is 0 Å². The molecule has 0 heterocycles. The molecule has 1 heteroatoms.